The molecule has 0 saturated heterocycles. The Bertz CT molecular complexity index is 416. The standard InChI is InChI=1S/C18H28ClN/c1-13(2)10-15-6-4-9-18(11-15)20-14(3)16-7-5-8-17(19)12-16/h5,7-8,12-15,18,20H,4,6,9-11H2,1-3H3. The third-order valence-electron chi connectivity index (χ3n) is 4.42. The first-order valence-electron chi connectivity index (χ1n) is 8.06. The molecule has 1 saturated carbocycles. The van der Waals surface area contributed by atoms with Crippen molar-refractivity contribution in [3.05, 3.63) is 34.9 Å². The molecule has 0 aromatic heterocycles. The van der Waals surface area contributed by atoms with Crippen molar-refractivity contribution in [3.63, 3.8) is 0 Å². The normalized spacial score (nSPS) is 24.9. The summed E-state index contributed by atoms with van der Waals surface area (Å²) in [7, 11) is 0. The second-order valence-electron chi connectivity index (χ2n) is 6.80. The number of rotatable bonds is 5. The number of hydrogen-bond donors (Lipinski definition) is 1. The summed E-state index contributed by atoms with van der Waals surface area (Å²) < 4.78 is 0. The van der Waals surface area contributed by atoms with E-state index < -0.39 is 0 Å². The summed E-state index contributed by atoms with van der Waals surface area (Å²) in [4.78, 5) is 0. The third kappa shape index (κ3) is 4.79. The second kappa shape index (κ2) is 7.47. The predicted molar refractivity (Wildman–Crippen MR) is 88.2 cm³/mol. The lowest BCUT2D eigenvalue weighted by atomic mass is 9.81. The zero-order valence-electron chi connectivity index (χ0n) is 13.0. The highest BCUT2D eigenvalue weighted by atomic mass is 35.5. The fraction of sp³-hybridized carbons (Fsp3) is 0.667. The zero-order valence-corrected chi connectivity index (χ0v) is 13.8. The highest BCUT2D eigenvalue weighted by Crippen LogP contribution is 2.30. The minimum absolute atomic E-state index is 0.386. The molecule has 0 spiro atoms. The summed E-state index contributed by atoms with van der Waals surface area (Å²) in [6.07, 6.45) is 6.82. The van der Waals surface area contributed by atoms with Gasteiger partial charge in [-0.2, -0.15) is 0 Å². The van der Waals surface area contributed by atoms with Gasteiger partial charge in [0.2, 0.25) is 0 Å². The fourth-order valence-corrected chi connectivity index (χ4v) is 3.75. The van der Waals surface area contributed by atoms with Crippen LogP contribution in [0.3, 0.4) is 0 Å². The smallest absolute Gasteiger partial charge is 0.0409 e. The summed E-state index contributed by atoms with van der Waals surface area (Å²) in [6.45, 7) is 6.93. The topological polar surface area (TPSA) is 12.0 Å². The number of halogens is 1. The predicted octanol–water partition coefficient (Wildman–Crippen LogP) is 5.60. The van der Waals surface area contributed by atoms with Gasteiger partial charge in [-0.25, -0.2) is 0 Å². The first kappa shape index (κ1) is 15.9. The van der Waals surface area contributed by atoms with E-state index >= 15 is 0 Å². The van der Waals surface area contributed by atoms with Crippen LogP contribution in [0.1, 0.15) is 64.5 Å². The Morgan fingerprint density at radius 2 is 2.05 bits per heavy atom. The fourth-order valence-electron chi connectivity index (χ4n) is 3.55. The molecule has 3 atom stereocenters. The third-order valence-corrected chi connectivity index (χ3v) is 4.66. The molecule has 1 nitrogen and oxygen atoms in total. The minimum atomic E-state index is 0.386. The number of benzene rings is 1. The molecule has 20 heavy (non-hydrogen) atoms. The van der Waals surface area contributed by atoms with E-state index in [1.54, 1.807) is 0 Å². The van der Waals surface area contributed by atoms with Gasteiger partial charge in [0.05, 0.1) is 0 Å². The van der Waals surface area contributed by atoms with E-state index in [-0.39, 0.29) is 0 Å². The highest BCUT2D eigenvalue weighted by Gasteiger charge is 2.23. The summed E-state index contributed by atoms with van der Waals surface area (Å²) in [5, 5.41) is 4.64. The molecule has 1 aromatic rings. The lowest BCUT2D eigenvalue weighted by Gasteiger charge is -2.33. The van der Waals surface area contributed by atoms with Crippen molar-refractivity contribution in [2.45, 2.75) is 65.0 Å². The maximum Gasteiger partial charge on any atom is 0.0409 e. The van der Waals surface area contributed by atoms with E-state index in [9.17, 15) is 0 Å². The quantitative estimate of drug-likeness (QED) is 0.745. The van der Waals surface area contributed by atoms with Gasteiger partial charge in [-0.1, -0.05) is 50.4 Å². The molecule has 0 amide bonds. The Balaban J connectivity index is 1.89. The van der Waals surface area contributed by atoms with Gasteiger partial charge in [0, 0.05) is 17.1 Å². The van der Waals surface area contributed by atoms with E-state index in [2.05, 4.69) is 38.2 Å². The largest absolute Gasteiger partial charge is 0.307 e. The molecule has 3 unspecified atom stereocenters. The molecule has 1 fully saturated rings. The summed E-state index contributed by atoms with van der Waals surface area (Å²) in [5.74, 6) is 1.73. The average molecular weight is 294 g/mol. The van der Waals surface area contributed by atoms with Gasteiger partial charge in [0.25, 0.3) is 0 Å². The summed E-state index contributed by atoms with van der Waals surface area (Å²) >= 11 is 6.08. The molecular weight excluding hydrogens is 266 g/mol. The Labute approximate surface area is 129 Å². The highest BCUT2D eigenvalue weighted by molar-refractivity contribution is 6.30. The molecule has 0 heterocycles. The number of hydrogen-bond acceptors (Lipinski definition) is 1. The van der Waals surface area contributed by atoms with Crippen molar-refractivity contribution in [2.75, 3.05) is 0 Å². The Hall–Kier alpha value is -0.530. The summed E-state index contributed by atoms with van der Waals surface area (Å²) in [5.41, 5.74) is 1.29. The van der Waals surface area contributed by atoms with Crippen molar-refractivity contribution < 1.29 is 0 Å². The Morgan fingerprint density at radius 3 is 2.75 bits per heavy atom. The van der Waals surface area contributed by atoms with Crippen LogP contribution in [0.5, 0.6) is 0 Å². The van der Waals surface area contributed by atoms with Crippen molar-refractivity contribution >= 4 is 11.6 Å². The molecule has 1 aromatic carbocycles. The lowest BCUT2D eigenvalue weighted by Crippen LogP contribution is -2.36. The molecule has 112 valence electrons. The molecular formula is C18H28ClN. The zero-order chi connectivity index (χ0) is 14.5. The van der Waals surface area contributed by atoms with Crippen LogP contribution in [0.4, 0.5) is 0 Å². The first-order valence-corrected chi connectivity index (χ1v) is 8.44. The van der Waals surface area contributed by atoms with Crippen molar-refractivity contribution in [2.24, 2.45) is 11.8 Å². The molecule has 2 rings (SSSR count). The molecule has 0 aliphatic heterocycles. The SMILES string of the molecule is CC(C)CC1CCCC(NC(C)c2cccc(Cl)c2)C1. The van der Waals surface area contributed by atoms with Gasteiger partial charge in [-0.05, 0) is 55.7 Å². The van der Waals surface area contributed by atoms with Gasteiger partial charge in [-0.15, -0.1) is 0 Å². The Morgan fingerprint density at radius 1 is 1.25 bits per heavy atom. The van der Waals surface area contributed by atoms with Crippen LogP contribution in [0, 0.1) is 11.8 Å². The van der Waals surface area contributed by atoms with E-state index in [0.29, 0.717) is 12.1 Å². The van der Waals surface area contributed by atoms with Crippen molar-refractivity contribution in [1.29, 1.82) is 0 Å². The van der Waals surface area contributed by atoms with E-state index in [1.807, 2.05) is 12.1 Å². The van der Waals surface area contributed by atoms with Crippen LogP contribution in [0.15, 0.2) is 24.3 Å². The second-order valence-corrected chi connectivity index (χ2v) is 7.24. The molecule has 1 aliphatic carbocycles. The maximum atomic E-state index is 6.08. The molecule has 0 bridgehead atoms. The Kier molecular flexibility index (Phi) is 5.92. The molecule has 0 radical (unpaired) electrons. The van der Waals surface area contributed by atoms with Crippen LogP contribution < -0.4 is 5.32 Å². The monoisotopic (exact) mass is 293 g/mol. The van der Waals surface area contributed by atoms with E-state index in [0.717, 1.165) is 16.9 Å². The molecule has 1 N–H and O–H groups in total. The molecule has 1 aliphatic rings. The van der Waals surface area contributed by atoms with Crippen LogP contribution in [0.25, 0.3) is 0 Å². The molecule has 2 heteroatoms. The minimum Gasteiger partial charge on any atom is -0.307 e. The van der Waals surface area contributed by atoms with Gasteiger partial charge in [0.15, 0.2) is 0 Å². The van der Waals surface area contributed by atoms with Crippen molar-refractivity contribution in [3.8, 4) is 0 Å². The number of nitrogens with one attached hydrogen (secondary N) is 1. The van der Waals surface area contributed by atoms with Crippen LogP contribution in [-0.4, -0.2) is 6.04 Å². The maximum absolute atomic E-state index is 6.08. The van der Waals surface area contributed by atoms with E-state index in [1.165, 1.54) is 37.7 Å². The van der Waals surface area contributed by atoms with Gasteiger partial charge >= 0.3 is 0 Å². The van der Waals surface area contributed by atoms with Gasteiger partial charge < -0.3 is 5.32 Å². The van der Waals surface area contributed by atoms with Crippen LogP contribution in [0.2, 0.25) is 5.02 Å². The van der Waals surface area contributed by atoms with Crippen LogP contribution >= 0.6 is 11.6 Å². The lowest BCUT2D eigenvalue weighted by molar-refractivity contribution is 0.242. The van der Waals surface area contributed by atoms with E-state index in [4.69, 9.17) is 11.6 Å². The van der Waals surface area contributed by atoms with Gasteiger partial charge in [-0.3, -0.25) is 0 Å². The van der Waals surface area contributed by atoms with Gasteiger partial charge in [0.1, 0.15) is 0 Å². The van der Waals surface area contributed by atoms with Crippen LogP contribution in [-0.2, 0) is 0 Å². The summed E-state index contributed by atoms with van der Waals surface area (Å²) in [6, 6.07) is 9.28. The van der Waals surface area contributed by atoms with Crippen molar-refractivity contribution in [1.82, 2.24) is 5.32 Å². The average Bonchev–Trinajstić information content (AvgIpc) is 2.38. The first-order chi connectivity index (χ1) is 9.54.